The minimum atomic E-state index is -0.799. The average molecular weight is 131 g/mol. The van der Waals surface area contributed by atoms with Gasteiger partial charge in [0.15, 0.2) is 0 Å². The van der Waals surface area contributed by atoms with Gasteiger partial charge in [0.05, 0.1) is 0 Å². The largest absolute Gasteiger partial charge is 0.480 e. The summed E-state index contributed by atoms with van der Waals surface area (Å²) in [6.07, 6.45) is 0. The number of hydrogen-bond acceptors (Lipinski definition) is 2. The molecule has 0 aliphatic rings. The maximum Gasteiger partial charge on any atom is 0.323 e. The molecule has 54 valence electrons. The molecule has 0 atom stereocenters. The minimum Gasteiger partial charge on any atom is -0.480 e. The highest BCUT2D eigenvalue weighted by molar-refractivity contribution is 5.77. The Bertz CT molecular complexity index is 118. The lowest BCUT2D eigenvalue weighted by Gasteiger charge is -2.27. The van der Waals surface area contributed by atoms with Crippen molar-refractivity contribution in [1.82, 2.24) is 4.90 Å². The van der Waals surface area contributed by atoms with Crippen molar-refractivity contribution in [2.24, 2.45) is 0 Å². The minimum absolute atomic E-state index is 0.750. The van der Waals surface area contributed by atoms with Crippen LogP contribution in [0.5, 0.6) is 0 Å². The second-order valence-corrected chi connectivity index (χ2v) is 2.76. The van der Waals surface area contributed by atoms with Gasteiger partial charge in [-0.3, -0.25) is 9.69 Å². The Balaban J connectivity index is 4.19. The van der Waals surface area contributed by atoms with Crippen molar-refractivity contribution >= 4 is 5.97 Å². The first-order chi connectivity index (χ1) is 3.89. The Morgan fingerprint density at radius 2 is 1.78 bits per heavy atom. The molecule has 0 spiro atoms. The summed E-state index contributed by atoms with van der Waals surface area (Å²) in [6.45, 7) is 3.32. The zero-order valence-electron chi connectivity index (χ0n) is 6.30. The molecule has 0 saturated carbocycles. The van der Waals surface area contributed by atoms with E-state index in [2.05, 4.69) is 0 Å². The summed E-state index contributed by atoms with van der Waals surface area (Å²) < 4.78 is 0. The zero-order chi connectivity index (χ0) is 7.65. The van der Waals surface area contributed by atoms with Crippen LogP contribution in [0, 0.1) is 0 Å². The van der Waals surface area contributed by atoms with E-state index in [0.717, 1.165) is 0 Å². The number of carbonyl (C=O) groups is 1. The number of nitrogens with zero attached hydrogens (tertiary/aromatic N) is 1. The first-order valence-corrected chi connectivity index (χ1v) is 2.80. The van der Waals surface area contributed by atoms with Gasteiger partial charge >= 0.3 is 5.97 Å². The molecular weight excluding hydrogens is 118 g/mol. The van der Waals surface area contributed by atoms with Crippen LogP contribution in [-0.2, 0) is 4.79 Å². The van der Waals surface area contributed by atoms with Crippen molar-refractivity contribution in [2.45, 2.75) is 19.4 Å². The normalized spacial score (nSPS) is 12.1. The maximum atomic E-state index is 10.4. The van der Waals surface area contributed by atoms with Gasteiger partial charge in [0.25, 0.3) is 0 Å². The molecule has 0 rings (SSSR count). The molecule has 0 saturated heterocycles. The van der Waals surface area contributed by atoms with Crippen LogP contribution < -0.4 is 0 Å². The van der Waals surface area contributed by atoms with E-state index in [0.29, 0.717) is 0 Å². The van der Waals surface area contributed by atoms with E-state index < -0.39 is 11.5 Å². The molecule has 0 heterocycles. The van der Waals surface area contributed by atoms with Gasteiger partial charge in [0.2, 0.25) is 0 Å². The Kier molecular flexibility index (Phi) is 2.20. The third-order valence-electron chi connectivity index (χ3n) is 1.64. The summed E-state index contributed by atoms with van der Waals surface area (Å²) >= 11 is 0. The van der Waals surface area contributed by atoms with Crippen LogP contribution in [0.2, 0.25) is 0 Å². The fourth-order valence-corrected chi connectivity index (χ4v) is 0.191. The summed E-state index contributed by atoms with van der Waals surface area (Å²) in [4.78, 5) is 12.1. The van der Waals surface area contributed by atoms with Crippen LogP contribution in [0.4, 0.5) is 0 Å². The molecule has 0 radical (unpaired) electrons. The quantitative estimate of drug-likeness (QED) is 0.590. The van der Waals surface area contributed by atoms with Crippen LogP contribution in [-0.4, -0.2) is 35.6 Å². The first-order valence-electron chi connectivity index (χ1n) is 2.80. The van der Waals surface area contributed by atoms with Crippen LogP contribution >= 0.6 is 0 Å². The molecule has 0 aromatic rings. The molecule has 0 unspecified atom stereocenters. The van der Waals surface area contributed by atoms with E-state index in [1.54, 1.807) is 32.8 Å². The van der Waals surface area contributed by atoms with E-state index in [9.17, 15) is 4.79 Å². The highest BCUT2D eigenvalue weighted by Gasteiger charge is 2.28. The van der Waals surface area contributed by atoms with Crippen molar-refractivity contribution in [1.29, 1.82) is 0 Å². The van der Waals surface area contributed by atoms with Crippen molar-refractivity contribution in [2.75, 3.05) is 14.1 Å². The average Bonchev–Trinajstić information content (AvgIpc) is 1.65. The van der Waals surface area contributed by atoms with E-state index in [1.807, 2.05) is 0 Å². The molecule has 1 N–H and O–H groups in total. The summed E-state index contributed by atoms with van der Waals surface area (Å²) in [7, 11) is 3.49. The molecule has 0 amide bonds. The number of carboxylic acids is 1. The lowest BCUT2D eigenvalue weighted by molar-refractivity contribution is -0.147. The Hall–Kier alpha value is -0.570. The van der Waals surface area contributed by atoms with Crippen molar-refractivity contribution in [3.8, 4) is 0 Å². The highest BCUT2D eigenvalue weighted by atomic mass is 16.4. The first kappa shape index (κ1) is 8.43. The van der Waals surface area contributed by atoms with Crippen LogP contribution in [0.15, 0.2) is 0 Å². The summed E-state index contributed by atoms with van der Waals surface area (Å²) in [6, 6.07) is 0. The molecule has 0 aliphatic carbocycles. The predicted octanol–water partition coefficient (Wildman–Crippen LogP) is 0.411. The molecule has 0 bridgehead atoms. The lowest BCUT2D eigenvalue weighted by atomic mass is 10.1. The molecule has 0 aromatic carbocycles. The van der Waals surface area contributed by atoms with Gasteiger partial charge in [0.1, 0.15) is 5.54 Å². The zero-order valence-corrected chi connectivity index (χ0v) is 6.30. The van der Waals surface area contributed by atoms with Gasteiger partial charge in [-0.1, -0.05) is 0 Å². The smallest absolute Gasteiger partial charge is 0.323 e. The lowest BCUT2D eigenvalue weighted by Crippen LogP contribution is -2.45. The van der Waals surface area contributed by atoms with Crippen molar-refractivity contribution in [3.63, 3.8) is 0 Å². The van der Waals surface area contributed by atoms with Crippen molar-refractivity contribution in [3.05, 3.63) is 0 Å². The fraction of sp³-hybridized carbons (Fsp3) is 0.833. The van der Waals surface area contributed by atoms with E-state index in [-0.39, 0.29) is 0 Å². The van der Waals surface area contributed by atoms with Gasteiger partial charge in [-0.15, -0.1) is 0 Å². The molecule has 3 heteroatoms. The van der Waals surface area contributed by atoms with Gasteiger partial charge in [-0.2, -0.15) is 0 Å². The SMILES string of the molecule is CN(C)C(C)(C)C(=O)O. The van der Waals surface area contributed by atoms with E-state index in [1.165, 1.54) is 0 Å². The molecule has 0 aliphatic heterocycles. The molecule has 0 fully saturated rings. The van der Waals surface area contributed by atoms with Gasteiger partial charge < -0.3 is 5.11 Å². The highest BCUT2D eigenvalue weighted by Crippen LogP contribution is 2.08. The number of hydrogen-bond donors (Lipinski definition) is 1. The van der Waals surface area contributed by atoms with Crippen LogP contribution in [0.3, 0.4) is 0 Å². The molecule has 9 heavy (non-hydrogen) atoms. The van der Waals surface area contributed by atoms with E-state index >= 15 is 0 Å². The molecular formula is C6H13NO2. The monoisotopic (exact) mass is 131 g/mol. The number of likely N-dealkylation sites (N-methyl/N-ethyl adjacent to an activating group) is 1. The van der Waals surface area contributed by atoms with Crippen LogP contribution in [0.1, 0.15) is 13.8 Å². The van der Waals surface area contributed by atoms with Crippen molar-refractivity contribution < 1.29 is 9.90 Å². The maximum absolute atomic E-state index is 10.4. The second kappa shape index (κ2) is 2.35. The standard InChI is InChI=1S/C6H13NO2/c1-6(2,5(8)9)7(3)4/h1-4H3,(H,8,9). The third-order valence-corrected chi connectivity index (χ3v) is 1.64. The predicted molar refractivity (Wildman–Crippen MR) is 35.4 cm³/mol. The Morgan fingerprint density at radius 3 is 1.78 bits per heavy atom. The van der Waals surface area contributed by atoms with Crippen LogP contribution in [0.25, 0.3) is 0 Å². The number of rotatable bonds is 2. The third kappa shape index (κ3) is 1.68. The Labute approximate surface area is 55.3 Å². The van der Waals surface area contributed by atoms with Gasteiger partial charge in [0, 0.05) is 0 Å². The fourth-order valence-electron chi connectivity index (χ4n) is 0.191. The van der Waals surface area contributed by atoms with Gasteiger partial charge in [-0.25, -0.2) is 0 Å². The molecule has 3 nitrogen and oxygen atoms in total. The summed E-state index contributed by atoms with van der Waals surface area (Å²) in [5, 5.41) is 8.57. The van der Waals surface area contributed by atoms with E-state index in [4.69, 9.17) is 5.11 Å². The topological polar surface area (TPSA) is 40.5 Å². The second-order valence-electron chi connectivity index (χ2n) is 2.76. The Morgan fingerprint density at radius 1 is 1.44 bits per heavy atom. The number of aliphatic carboxylic acids is 1. The van der Waals surface area contributed by atoms with Gasteiger partial charge in [-0.05, 0) is 27.9 Å². The summed E-state index contributed by atoms with van der Waals surface area (Å²) in [5.41, 5.74) is -0.750. The summed E-state index contributed by atoms with van der Waals surface area (Å²) in [5.74, 6) is -0.799. The number of carboxylic acid groups (broad SMARTS) is 1. The molecule has 0 aromatic heterocycles.